The molecule has 60 heavy (non-hydrogen) atoms. The smallest absolute Gasteiger partial charge is 0.292 e. The number of aromatic nitrogens is 4. The fourth-order valence-electron chi connectivity index (χ4n) is 7.46. The molecule has 4 atom stereocenters. The molecule has 3 N–H and O–H groups in total. The Labute approximate surface area is 356 Å². The molecule has 0 bridgehead atoms. The van der Waals surface area contributed by atoms with Crippen molar-refractivity contribution in [3.05, 3.63) is 125 Å². The SMILES string of the molecule is COc1ccc(C(Nc2ncnc3c2ncn3[C@@H]2O[C@H](CO[Si](C)(C)C(C)(C)C)[C@]3(OS(=O)(=O)C=C3N)[C@H]2O[Si](C)(C)C(C)(C)C)(c2ccccc2)c2ccccc2)cc1. The highest BCUT2D eigenvalue weighted by atomic mass is 32.2. The van der Waals surface area contributed by atoms with Crippen LogP contribution in [0.2, 0.25) is 36.3 Å². The number of fused-ring (bicyclic) bond motifs is 1. The summed E-state index contributed by atoms with van der Waals surface area (Å²) < 4.78 is 61.2. The Hall–Kier alpha value is -4.43. The molecule has 0 amide bonds. The second-order valence-electron chi connectivity index (χ2n) is 18.7. The lowest BCUT2D eigenvalue weighted by Gasteiger charge is -2.43. The molecule has 0 aliphatic carbocycles. The fraction of sp³-hybridized carbons (Fsp3) is 0.432. The summed E-state index contributed by atoms with van der Waals surface area (Å²) in [5, 5.41) is 4.40. The number of nitrogens with two attached hydrogens (primary N) is 1. The highest BCUT2D eigenvalue weighted by Crippen LogP contribution is 2.53. The molecule has 0 saturated carbocycles. The van der Waals surface area contributed by atoms with E-state index in [9.17, 15) is 8.42 Å². The summed E-state index contributed by atoms with van der Waals surface area (Å²) in [6.45, 7) is 21.3. The number of benzene rings is 3. The number of methoxy groups -OCH3 is 1. The first kappa shape index (κ1) is 43.7. The number of hydrogen-bond acceptors (Lipinski definition) is 12. The Kier molecular flexibility index (Phi) is 11.3. The topological polar surface area (TPSA) is 162 Å². The van der Waals surface area contributed by atoms with Crippen molar-refractivity contribution in [2.24, 2.45) is 5.73 Å². The van der Waals surface area contributed by atoms with Crippen molar-refractivity contribution >= 4 is 43.7 Å². The van der Waals surface area contributed by atoms with Crippen LogP contribution < -0.4 is 15.8 Å². The van der Waals surface area contributed by atoms with Crippen molar-refractivity contribution in [3.8, 4) is 5.75 Å². The minimum Gasteiger partial charge on any atom is -0.497 e. The van der Waals surface area contributed by atoms with Gasteiger partial charge in [0.25, 0.3) is 10.1 Å². The zero-order valence-electron chi connectivity index (χ0n) is 36.4. The Morgan fingerprint density at radius 2 is 1.38 bits per heavy atom. The first-order valence-corrected chi connectivity index (χ1v) is 27.5. The summed E-state index contributed by atoms with van der Waals surface area (Å²) in [4.78, 5) is 14.5. The highest BCUT2D eigenvalue weighted by molar-refractivity contribution is 7.90. The predicted molar refractivity (Wildman–Crippen MR) is 239 cm³/mol. The standard InChI is InChI=1S/C44H58N6O7SSi2/c1-41(2,3)59(8,9)54-26-35-44(34(45)27-58(51,52)57-44)37(56-60(10,11)42(4,5)6)40(55-35)50-29-48-36-38(46-28-47-39(36)50)49-43(30-18-14-12-15-19-30,31-20-16-13-17-21-31)32-22-24-33(53-7)25-23-32/h12-25,27-29,35,37,40H,26,45H2,1-11H3,(H,46,47,49)/t35-,37+,40-,44+/m1/s1. The van der Waals surface area contributed by atoms with Gasteiger partial charge in [-0.15, -0.1) is 0 Å². The molecule has 0 radical (unpaired) electrons. The third kappa shape index (κ3) is 7.60. The Morgan fingerprint density at radius 3 is 1.90 bits per heavy atom. The van der Waals surface area contributed by atoms with Gasteiger partial charge in [0.15, 0.2) is 45.4 Å². The van der Waals surface area contributed by atoms with Crippen LogP contribution >= 0.6 is 0 Å². The summed E-state index contributed by atoms with van der Waals surface area (Å²) in [5.41, 5.74) is 7.82. The van der Waals surface area contributed by atoms with Gasteiger partial charge in [-0.25, -0.2) is 19.1 Å². The first-order valence-electron chi connectivity index (χ1n) is 20.2. The van der Waals surface area contributed by atoms with Gasteiger partial charge in [-0.1, -0.05) is 114 Å². The molecule has 2 aliphatic rings. The number of rotatable bonds is 12. The molecular weight excluding hydrogens is 813 g/mol. The molecule has 1 saturated heterocycles. The predicted octanol–water partition coefficient (Wildman–Crippen LogP) is 8.45. The van der Waals surface area contributed by atoms with E-state index < -0.39 is 56.3 Å². The van der Waals surface area contributed by atoms with Crippen LogP contribution in [0.3, 0.4) is 0 Å². The van der Waals surface area contributed by atoms with Crippen molar-refractivity contribution in [1.82, 2.24) is 19.5 Å². The molecular formula is C44H58N6O7SSi2. The van der Waals surface area contributed by atoms with Gasteiger partial charge in [0.2, 0.25) is 0 Å². The van der Waals surface area contributed by atoms with Crippen LogP contribution in [0.25, 0.3) is 11.2 Å². The lowest BCUT2D eigenvalue weighted by molar-refractivity contribution is -0.0535. The van der Waals surface area contributed by atoms with E-state index in [0.717, 1.165) is 27.8 Å². The van der Waals surface area contributed by atoms with E-state index in [1.54, 1.807) is 18.0 Å². The molecule has 0 unspecified atom stereocenters. The maximum absolute atomic E-state index is 13.4. The Bertz CT molecular complexity index is 2430. The minimum absolute atomic E-state index is 0.00561. The number of imidazole rings is 1. The highest BCUT2D eigenvalue weighted by Gasteiger charge is 2.67. The minimum atomic E-state index is -4.22. The van der Waals surface area contributed by atoms with Crippen molar-refractivity contribution in [3.63, 3.8) is 0 Å². The lowest BCUT2D eigenvalue weighted by Crippen LogP contribution is -2.59. The first-order chi connectivity index (χ1) is 28.1. The molecule has 1 fully saturated rings. The number of nitrogens with one attached hydrogen (secondary N) is 1. The van der Waals surface area contributed by atoms with E-state index >= 15 is 0 Å². The van der Waals surface area contributed by atoms with Gasteiger partial charge < -0.3 is 29.4 Å². The number of anilines is 1. The zero-order valence-corrected chi connectivity index (χ0v) is 39.2. The summed E-state index contributed by atoms with van der Waals surface area (Å²) >= 11 is 0. The maximum atomic E-state index is 13.4. The van der Waals surface area contributed by atoms with Crippen molar-refractivity contribution < 1.29 is 30.9 Å². The summed E-state index contributed by atoms with van der Waals surface area (Å²) in [5.74, 6) is 1.18. The second-order valence-corrected chi connectivity index (χ2v) is 29.7. The largest absolute Gasteiger partial charge is 0.497 e. The quantitative estimate of drug-likeness (QED) is 0.0700. The Morgan fingerprint density at radius 1 is 0.817 bits per heavy atom. The molecule has 16 heteroatoms. The second kappa shape index (κ2) is 15.5. The van der Waals surface area contributed by atoms with Crippen molar-refractivity contribution in [2.75, 3.05) is 19.0 Å². The number of ether oxygens (including phenoxy) is 2. The van der Waals surface area contributed by atoms with E-state index in [0.29, 0.717) is 17.0 Å². The fourth-order valence-corrected chi connectivity index (χ4v) is 11.0. The molecule has 2 aliphatic heterocycles. The van der Waals surface area contributed by atoms with Gasteiger partial charge in [0.05, 0.1) is 31.1 Å². The third-order valence-corrected chi connectivity index (χ3v) is 23.0. The maximum Gasteiger partial charge on any atom is 0.292 e. The molecule has 320 valence electrons. The molecule has 1 spiro atoms. The average molecular weight is 871 g/mol. The van der Waals surface area contributed by atoms with Gasteiger partial charge in [0.1, 0.15) is 29.8 Å². The normalized spacial score (nSPS) is 22.3. The lowest BCUT2D eigenvalue weighted by atomic mass is 9.77. The molecule has 7 rings (SSSR count). The van der Waals surface area contributed by atoms with Crippen LogP contribution in [-0.4, -0.2) is 76.1 Å². The summed E-state index contributed by atoms with van der Waals surface area (Å²) in [7, 11) is -7.65. The van der Waals surface area contributed by atoms with E-state index in [1.165, 1.54) is 6.33 Å². The van der Waals surface area contributed by atoms with E-state index in [-0.39, 0.29) is 22.4 Å². The molecule has 3 aromatic carbocycles. The van der Waals surface area contributed by atoms with Crippen LogP contribution in [0.1, 0.15) is 64.5 Å². The van der Waals surface area contributed by atoms with Crippen LogP contribution in [0.15, 0.2) is 109 Å². The van der Waals surface area contributed by atoms with Crippen molar-refractivity contribution in [2.45, 2.75) is 107 Å². The van der Waals surface area contributed by atoms with Gasteiger partial charge in [-0.2, -0.15) is 8.42 Å². The van der Waals surface area contributed by atoms with E-state index in [4.69, 9.17) is 43.2 Å². The van der Waals surface area contributed by atoms with E-state index in [2.05, 4.69) is 97.3 Å². The third-order valence-electron chi connectivity index (χ3n) is 12.9. The Balaban J connectivity index is 1.40. The van der Waals surface area contributed by atoms with Crippen molar-refractivity contribution in [1.29, 1.82) is 0 Å². The molecule has 2 aromatic heterocycles. The van der Waals surface area contributed by atoms with Gasteiger partial charge in [-0.3, -0.25) is 4.57 Å². The van der Waals surface area contributed by atoms with Crippen LogP contribution in [-0.2, 0) is 33.4 Å². The van der Waals surface area contributed by atoms with Crippen LogP contribution in [0.5, 0.6) is 5.75 Å². The van der Waals surface area contributed by atoms with Gasteiger partial charge in [0, 0.05) is 0 Å². The van der Waals surface area contributed by atoms with Gasteiger partial charge in [-0.05, 0) is 65.1 Å². The van der Waals surface area contributed by atoms with Crippen LogP contribution in [0, 0.1) is 0 Å². The molecule has 5 aromatic rings. The molecule has 4 heterocycles. The molecule has 13 nitrogen and oxygen atoms in total. The number of hydrogen-bond donors (Lipinski definition) is 2. The number of nitrogens with zero attached hydrogens (tertiary/aromatic N) is 4. The summed E-state index contributed by atoms with van der Waals surface area (Å²) in [6, 6.07) is 28.3. The zero-order chi connectivity index (χ0) is 43.5. The monoisotopic (exact) mass is 870 g/mol. The van der Waals surface area contributed by atoms with E-state index in [1.807, 2.05) is 60.7 Å². The average Bonchev–Trinajstić information content (AvgIpc) is 3.83. The summed E-state index contributed by atoms with van der Waals surface area (Å²) in [6.07, 6.45) is 0.0986. The van der Waals surface area contributed by atoms with Crippen LogP contribution in [0.4, 0.5) is 5.82 Å². The van der Waals surface area contributed by atoms with Gasteiger partial charge >= 0.3 is 0 Å².